The molecular weight excluding hydrogens is 318 g/mol. The molecule has 0 aliphatic heterocycles. The molecule has 25 heavy (non-hydrogen) atoms. The van der Waals surface area contributed by atoms with Crippen LogP contribution in [-0.4, -0.2) is 18.4 Å². The Hall–Kier alpha value is -2.60. The van der Waals surface area contributed by atoms with Gasteiger partial charge in [-0.25, -0.2) is 0 Å². The van der Waals surface area contributed by atoms with Crippen LogP contribution in [0.4, 0.5) is 0 Å². The Labute approximate surface area is 146 Å². The molecule has 0 radical (unpaired) electrons. The van der Waals surface area contributed by atoms with Crippen molar-refractivity contribution in [2.24, 2.45) is 11.7 Å². The van der Waals surface area contributed by atoms with Gasteiger partial charge in [0.15, 0.2) is 0 Å². The van der Waals surface area contributed by atoms with Gasteiger partial charge in [0.25, 0.3) is 5.91 Å². The summed E-state index contributed by atoms with van der Waals surface area (Å²) in [6, 6.07) is 11.3. The van der Waals surface area contributed by atoms with Gasteiger partial charge in [-0.3, -0.25) is 9.59 Å². The fourth-order valence-corrected chi connectivity index (χ4v) is 2.78. The van der Waals surface area contributed by atoms with Crippen molar-refractivity contribution in [3.05, 3.63) is 59.0 Å². The topological polar surface area (TPSA) is 97.4 Å². The monoisotopic (exact) mass is 341 g/mol. The van der Waals surface area contributed by atoms with Gasteiger partial charge < -0.3 is 20.8 Å². The largest absolute Gasteiger partial charge is 0.464 e. The second kappa shape index (κ2) is 7.53. The average Bonchev–Trinajstić information content (AvgIpc) is 3.14. The van der Waals surface area contributed by atoms with E-state index in [4.69, 9.17) is 10.2 Å². The highest BCUT2D eigenvalue weighted by atomic mass is 16.3. The molecule has 1 aromatic carbocycles. The van der Waals surface area contributed by atoms with Crippen LogP contribution < -0.4 is 16.4 Å². The zero-order valence-corrected chi connectivity index (χ0v) is 14.2. The Morgan fingerprint density at radius 2 is 1.88 bits per heavy atom. The zero-order valence-electron chi connectivity index (χ0n) is 14.2. The van der Waals surface area contributed by atoms with Crippen LogP contribution >= 0.6 is 0 Å². The van der Waals surface area contributed by atoms with Crippen molar-refractivity contribution in [1.82, 2.24) is 10.6 Å². The van der Waals surface area contributed by atoms with Gasteiger partial charge in [-0.2, -0.15) is 0 Å². The first-order valence-corrected chi connectivity index (χ1v) is 8.47. The van der Waals surface area contributed by atoms with E-state index in [9.17, 15) is 9.59 Å². The lowest BCUT2D eigenvalue weighted by Crippen LogP contribution is -2.33. The summed E-state index contributed by atoms with van der Waals surface area (Å²) in [5, 5.41) is 5.80. The van der Waals surface area contributed by atoms with E-state index >= 15 is 0 Å². The third-order valence-electron chi connectivity index (χ3n) is 4.43. The first-order valence-electron chi connectivity index (χ1n) is 8.47. The molecule has 6 heteroatoms. The number of furan rings is 1. The number of benzene rings is 1. The van der Waals surface area contributed by atoms with Crippen LogP contribution in [0.1, 0.15) is 46.7 Å². The van der Waals surface area contributed by atoms with E-state index < -0.39 is 5.91 Å². The minimum atomic E-state index is -0.564. The molecule has 3 rings (SSSR count). The number of carbonyl (C=O) groups is 2. The zero-order chi connectivity index (χ0) is 17.8. The summed E-state index contributed by atoms with van der Waals surface area (Å²) in [4.78, 5) is 22.5. The Bertz CT molecular complexity index is 752. The number of amides is 2. The third-order valence-corrected chi connectivity index (χ3v) is 4.43. The smallest absolute Gasteiger partial charge is 0.251 e. The summed E-state index contributed by atoms with van der Waals surface area (Å²) in [6.07, 6.45) is 1.22. The molecule has 1 aromatic heterocycles. The van der Waals surface area contributed by atoms with Crippen LogP contribution in [0.25, 0.3) is 0 Å². The van der Waals surface area contributed by atoms with Gasteiger partial charge in [-0.05, 0) is 42.2 Å². The normalized spacial score (nSPS) is 18.8. The lowest BCUT2D eigenvalue weighted by molar-refractivity contribution is -0.117. The van der Waals surface area contributed by atoms with Crippen LogP contribution in [0.2, 0.25) is 0 Å². The molecule has 132 valence electrons. The lowest BCUT2D eigenvalue weighted by Gasteiger charge is -2.06. The van der Waals surface area contributed by atoms with E-state index in [2.05, 4.69) is 23.6 Å². The molecule has 1 aliphatic carbocycles. The summed E-state index contributed by atoms with van der Waals surface area (Å²) in [6.45, 7) is 3.43. The summed E-state index contributed by atoms with van der Waals surface area (Å²) < 4.78 is 5.86. The fraction of sp³-hybridized carbons (Fsp3) is 0.368. The van der Waals surface area contributed by atoms with Crippen LogP contribution in [0.15, 0.2) is 40.8 Å². The number of hydrogen-bond acceptors (Lipinski definition) is 4. The Balaban J connectivity index is 1.44. The van der Waals surface area contributed by atoms with E-state index in [1.54, 1.807) is 12.1 Å². The maximum absolute atomic E-state index is 11.8. The predicted octanol–water partition coefficient (Wildman–Crippen LogP) is 1.91. The first-order chi connectivity index (χ1) is 12.0. The van der Waals surface area contributed by atoms with Crippen molar-refractivity contribution >= 4 is 11.8 Å². The first kappa shape index (κ1) is 17.2. The van der Waals surface area contributed by atoms with Gasteiger partial charge in [0.1, 0.15) is 11.5 Å². The number of primary amides is 1. The van der Waals surface area contributed by atoms with Gasteiger partial charge in [0.05, 0.1) is 13.1 Å². The number of carbonyl (C=O) groups excluding carboxylic acids is 2. The Morgan fingerprint density at radius 1 is 1.16 bits per heavy atom. The molecule has 4 N–H and O–H groups in total. The number of nitrogens with two attached hydrogens (primary N) is 1. The van der Waals surface area contributed by atoms with Gasteiger partial charge in [0.2, 0.25) is 5.91 Å². The van der Waals surface area contributed by atoms with Gasteiger partial charge in [-0.1, -0.05) is 19.1 Å². The summed E-state index contributed by atoms with van der Waals surface area (Å²) >= 11 is 0. The molecule has 6 nitrogen and oxygen atoms in total. The quantitative estimate of drug-likeness (QED) is 0.683. The summed E-state index contributed by atoms with van der Waals surface area (Å²) in [5.41, 5.74) is 6.57. The SMILES string of the molecule is CC1CC1c1ccc(CNCc2ccc(C(=O)NCC(N)=O)cc2)o1. The molecule has 1 aliphatic rings. The summed E-state index contributed by atoms with van der Waals surface area (Å²) in [5.74, 6) is 2.50. The van der Waals surface area contributed by atoms with Crippen LogP contribution in [0.3, 0.4) is 0 Å². The van der Waals surface area contributed by atoms with E-state index in [1.165, 1.54) is 6.42 Å². The Morgan fingerprint density at radius 3 is 2.52 bits per heavy atom. The molecule has 2 amide bonds. The van der Waals surface area contributed by atoms with Crippen molar-refractivity contribution in [2.75, 3.05) is 6.54 Å². The van der Waals surface area contributed by atoms with E-state index in [-0.39, 0.29) is 12.5 Å². The van der Waals surface area contributed by atoms with E-state index in [0.717, 1.165) is 23.0 Å². The standard InChI is InChI=1S/C19H23N3O3/c1-12-8-16(12)17-7-6-15(25-17)10-21-9-13-2-4-14(5-3-13)19(24)22-11-18(20)23/h2-7,12,16,21H,8-11H2,1H3,(H2,20,23)(H,22,24). The maximum atomic E-state index is 11.8. The van der Waals surface area contributed by atoms with E-state index in [1.807, 2.05) is 18.2 Å². The van der Waals surface area contributed by atoms with E-state index in [0.29, 0.717) is 24.6 Å². The van der Waals surface area contributed by atoms with Crippen molar-refractivity contribution in [2.45, 2.75) is 32.4 Å². The number of nitrogens with one attached hydrogen (secondary N) is 2. The highest BCUT2D eigenvalue weighted by molar-refractivity contribution is 5.96. The molecule has 0 bridgehead atoms. The third kappa shape index (κ3) is 4.70. The van der Waals surface area contributed by atoms with Crippen molar-refractivity contribution < 1.29 is 14.0 Å². The molecule has 0 saturated heterocycles. The van der Waals surface area contributed by atoms with Crippen molar-refractivity contribution in [3.8, 4) is 0 Å². The van der Waals surface area contributed by atoms with Crippen LogP contribution in [-0.2, 0) is 17.9 Å². The molecule has 1 fully saturated rings. The highest BCUT2D eigenvalue weighted by Crippen LogP contribution is 2.47. The Kier molecular flexibility index (Phi) is 5.19. The van der Waals surface area contributed by atoms with Gasteiger partial charge in [-0.15, -0.1) is 0 Å². The van der Waals surface area contributed by atoms with Crippen molar-refractivity contribution in [3.63, 3.8) is 0 Å². The maximum Gasteiger partial charge on any atom is 0.251 e. The molecule has 2 aromatic rings. The molecule has 0 spiro atoms. The number of hydrogen-bond donors (Lipinski definition) is 3. The highest BCUT2D eigenvalue weighted by Gasteiger charge is 2.36. The molecular formula is C19H23N3O3. The van der Waals surface area contributed by atoms with Crippen LogP contribution in [0.5, 0.6) is 0 Å². The van der Waals surface area contributed by atoms with Gasteiger partial charge in [0, 0.05) is 18.0 Å². The minimum Gasteiger partial charge on any atom is -0.464 e. The average molecular weight is 341 g/mol. The van der Waals surface area contributed by atoms with Gasteiger partial charge >= 0.3 is 0 Å². The summed E-state index contributed by atoms with van der Waals surface area (Å²) in [7, 11) is 0. The molecule has 1 saturated carbocycles. The lowest BCUT2D eigenvalue weighted by atomic mass is 10.1. The second-order valence-electron chi connectivity index (χ2n) is 6.57. The minimum absolute atomic E-state index is 0.160. The second-order valence-corrected chi connectivity index (χ2v) is 6.57. The molecule has 2 atom stereocenters. The molecule has 2 unspecified atom stereocenters. The molecule has 1 heterocycles. The van der Waals surface area contributed by atoms with Crippen LogP contribution in [0, 0.1) is 5.92 Å². The fourth-order valence-electron chi connectivity index (χ4n) is 2.78. The predicted molar refractivity (Wildman–Crippen MR) is 93.7 cm³/mol. The van der Waals surface area contributed by atoms with Crippen molar-refractivity contribution in [1.29, 1.82) is 0 Å². The number of rotatable bonds is 8.